The van der Waals surface area contributed by atoms with Crippen LogP contribution in [-0.4, -0.2) is 11.1 Å². The average molecular weight is 405 g/mol. The highest BCUT2D eigenvalue weighted by atomic mass is 79.9. The molecule has 0 fully saturated rings. The van der Waals surface area contributed by atoms with Gasteiger partial charge in [0.25, 0.3) is 0 Å². The lowest BCUT2D eigenvalue weighted by Gasteiger charge is -2.12. The lowest BCUT2D eigenvalue weighted by molar-refractivity contribution is -0.139. The van der Waals surface area contributed by atoms with Crippen LogP contribution in [-0.2, 0) is 11.3 Å². The van der Waals surface area contributed by atoms with Crippen LogP contribution in [0.25, 0.3) is 0 Å². The van der Waals surface area contributed by atoms with Crippen LogP contribution in [0.15, 0.2) is 44.7 Å². The minimum atomic E-state index is -0.878. The maximum atomic E-state index is 11.4. The van der Waals surface area contributed by atoms with Gasteiger partial charge in [0, 0.05) is 15.9 Å². The Balaban J connectivity index is 2.11. The standard InChI is InChI=1S/C13H11Br2NO2S/c14-9-6-10(19-12(9)15)11(13(17)18)16-7-8-4-2-1-3-5-8/h1-6,11,16H,7H2,(H,17,18). The zero-order chi connectivity index (χ0) is 13.8. The lowest BCUT2D eigenvalue weighted by atomic mass is 10.2. The summed E-state index contributed by atoms with van der Waals surface area (Å²) in [6.45, 7) is 0.519. The molecule has 0 saturated carbocycles. The molecule has 0 saturated heterocycles. The van der Waals surface area contributed by atoms with Gasteiger partial charge in [-0.2, -0.15) is 0 Å². The van der Waals surface area contributed by atoms with E-state index in [0.29, 0.717) is 6.54 Å². The van der Waals surface area contributed by atoms with Crippen molar-refractivity contribution < 1.29 is 9.90 Å². The fourth-order valence-electron chi connectivity index (χ4n) is 1.63. The van der Waals surface area contributed by atoms with Crippen molar-refractivity contribution in [3.05, 3.63) is 55.1 Å². The molecule has 1 atom stereocenters. The summed E-state index contributed by atoms with van der Waals surface area (Å²) in [4.78, 5) is 12.1. The van der Waals surface area contributed by atoms with Gasteiger partial charge < -0.3 is 5.11 Å². The van der Waals surface area contributed by atoms with Crippen molar-refractivity contribution in [1.29, 1.82) is 0 Å². The minimum Gasteiger partial charge on any atom is -0.480 e. The molecule has 1 aromatic heterocycles. The van der Waals surface area contributed by atoms with Crippen molar-refractivity contribution in [2.45, 2.75) is 12.6 Å². The molecule has 0 radical (unpaired) electrons. The van der Waals surface area contributed by atoms with Crippen LogP contribution >= 0.6 is 43.2 Å². The first-order valence-electron chi connectivity index (χ1n) is 5.53. The Morgan fingerprint density at radius 2 is 2.00 bits per heavy atom. The van der Waals surface area contributed by atoms with Crippen molar-refractivity contribution in [1.82, 2.24) is 5.32 Å². The topological polar surface area (TPSA) is 49.3 Å². The van der Waals surface area contributed by atoms with E-state index < -0.39 is 12.0 Å². The van der Waals surface area contributed by atoms with Crippen LogP contribution in [0, 0.1) is 0 Å². The fourth-order valence-corrected chi connectivity index (χ4v) is 3.79. The number of benzene rings is 1. The van der Waals surface area contributed by atoms with E-state index in [-0.39, 0.29) is 0 Å². The Morgan fingerprint density at radius 1 is 1.32 bits per heavy atom. The van der Waals surface area contributed by atoms with Gasteiger partial charge in [-0.15, -0.1) is 11.3 Å². The predicted molar refractivity (Wildman–Crippen MR) is 83.4 cm³/mol. The number of carbonyl (C=O) groups is 1. The third kappa shape index (κ3) is 3.89. The molecule has 1 unspecified atom stereocenters. The quantitative estimate of drug-likeness (QED) is 0.785. The lowest BCUT2D eigenvalue weighted by Crippen LogP contribution is -2.27. The number of thiophene rings is 1. The van der Waals surface area contributed by atoms with Crippen LogP contribution in [0.5, 0.6) is 0 Å². The van der Waals surface area contributed by atoms with Crippen molar-refractivity contribution in [3.63, 3.8) is 0 Å². The van der Waals surface area contributed by atoms with E-state index in [1.807, 2.05) is 36.4 Å². The van der Waals surface area contributed by atoms with Gasteiger partial charge in [-0.25, -0.2) is 0 Å². The molecule has 0 aliphatic rings. The third-order valence-corrected chi connectivity index (χ3v) is 5.87. The van der Waals surface area contributed by atoms with E-state index in [0.717, 1.165) is 18.7 Å². The number of hydrogen-bond acceptors (Lipinski definition) is 3. The average Bonchev–Trinajstić information content (AvgIpc) is 2.70. The van der Waals surface area contributed by atoms with E-state index in [1.165, 1.54) is 11.3 Å². The van der Waals surface area contributed by atoms with Gasteiger partial charge in [-0.3, -0.25) is 10.1 Å². The van der Waals surface area contributed by atoms with Crippen molar-refractivity contribution >= 4 is 49.2 Å². The Hall–Kier alpha value is -0.690. The molecule has 1 heterocycles. The summed E-state index contributed by atoms with van der Waals surface area (Å²) in [6, 6.07) is 10.9. The number of nitrogens with one attached hydrogen (secondary N) is 1. The number of hydrogen-bond donors (Lipinski definition) is 2. The van der Waals surface area contributed by atoms with Crippen LogP contribution in [0.1, 0.15) is 16.5 Å². The number of halogens is 2. The fraction of sp³-hybridized carbons (Fsp3) is 0.154. The predicted octanol–water partition coefficient (Wildman–Crippen LogP) is 4.19. The normalized spacial score (nSPS) is 12.3. The summed E-state index contributed by atoms with van der Waals surface area (Å²) in [6.07, 6.45) is 0. The molecule has 6 heteroatoms. The highest BCUT2D eigenvalue weighted by Crippen LogP contribution is 2.35. The molecular formula is C13H11Br2NO2S. The molecule has 2 N–H and O–H groups in total. The first-order valence-corrected chi connectivity index (χ1v) is 7.93. The molecule has 2 rings (SSSR count). The van der Waals surface area contributed by atoms with E-state index >= 15 is 0 Å². The number of aliphatic carboxylic acids is 1. The number of carboxylic acids is 1. The second kappa shape index (κ2) is 6.65. The number of rotatable bonds is 5. The summed E-state index contributed by atoms with van der Waals surface area (Å²) in [5.41, 5.74) is 1.06. The summed E-state index contributed by atoms with van der Waals surface area (Å²) in [7, 11) is 0. The molecule has 1 aromatic carbocycles. The molecule has 3 nitrogen and oxygen atoms in total. The Labute approximate surface area is 131 Å². The van der Waals surface area contributed by atoms with E-state index in [2.05, 4.69) is 37.2 Å². The van der Waals surface area contributed by atoms with Gasteiger partial charge in [0.15, 0.2) is 0 Å². The molecular weight excluding hydrogens is 394 g/mol. The highest BCUT2D eigenvalue weighted by molar-refractivity contribution is 9.13. The van der Waals surface area contributed by atoms with E-state index in [9.17, 15) is 9.90 Å². The van der Waals surface area contributed by atoms with Gasteiger partial charge in [0.2, 0.25) is 0 Å². The highest BCUT2D eigenvalue weighted by Gasteiger charge is 2.22. The van der Waals surface area contributed by atoms with E-state index in [1.54, 1.807) is 0 Å². The van der Waals surface area contributed by atoms with Gasteiger partial charge in [-0.05, 0) is 43.5 Å². The monoisotopic (exact) mass is 403 g/mol. The third-order valence-electron chi connectivity index (χ3n) is 2.55. The van der Waals surface area contributed by atoms with Crippen molar-refractivity contribution in [2.75, 3.05) is 0 Å². The first-order chi connectivity index (χ1) is 9.08. The molecule has 2 aromatic rings. The molecule has 0 amide bonds. The first kappa shape index (κ1) is 14.7. The molecule has 100 valence electrons. The van der Waals surface area contributed by atoms with E-state index in [4.69, 9.17) is 0 Å². The maximum Gasteiger partial charge on any atom is 0.326 e. The molecule has 0 aliphatic carbocycles. The smallest absolute Gasteiger partial charge is 0.326 e. The van der Waals surface area contributed by atoms with Crippen molar-refractivity contribution in [3.8, 4) is 0 Å². The Bertz CT molecular complexity index is 552. The Morgan fingerprint density at radius 3 is 2.53 bits per heavy atom. The molecule has 0 spiro atoms. The van der Waals surface area contributed by atoms with Gasteiger partial charge in [-0.1, -0.05) is 30.3 Å². The van der Waals surface area contributed by atoms with Crippen molar-refractivity contribution in [2.24, 2.45) is 0 Å². The Kier molecular flexibility index (Phi) is 5.15. The second-order valence-corrected chi connectivity index (χ2v) is 7.16. The maximum absolute atomic E-state index is 11.4. The molecule has 0 aliphatic heterocycles. The molecule has 0 bridgehead atoms. The summed E-state index contributed by atoms with van der Waals surface area (Å²) >= 11 is 8.17. The largest absolute Gasteiger partial charge is 0.480 e. The number of carboxylic acid groups (broad SMARTS) is 1. The summed E-state index contributed by atoms with van der Waals surface area (Å²) in [5, 5.41) is 12.4. The zero-order valence-corrected chi connectivity index (χ0v) is 13.8. The van der Waals surface area contributed by atoms with Gasteiger partial charge in [0.1, 0.15) is 6.04 Å². The zero-order valence-electron chi connectivity index (χ0n) is 9.77. The minimum absolute atomic E-state index is 0.519. The summed E-state index contributed by atoms with van der Waals surface area (Å²) in [5.74, 6) is -0.878. The summed E-state index contributed by atoms with van der Waals surface area (Å²) < 4.78 is 1.77. The molecule has 19 heavy (non-hydrogen) atoms. The van der Waals surface area contributed by atoms with Crippen LogP contribution in [0.2, 0.25) is 0 Å². The second-order valence-electron chi connectivity index (χ2n) is 3.91. The van der Waals surface area contributed by atoms with Crippen LogP contribution in [0.4, 0.5) is 0 Å². The van der Waals surface area contributed by atoms with Gasteiger partial charge >= 0.3 is 5.97 Å². The van der Waals surface area contributed by atoms with Crippen LogP contribution in [0.3, 0.4) is 0 Å². The van der Waals surface area contributed by atoms with Gasteiger partial charge in [0.05, 0.1) is 3.79 Å². The SMILES string of the molecule is O=C(O)C(NCc1ccccc1)c1cc(Br)c(Br)s1. The van der Waals surface area contributed by atoms with Crippen LogP contribution < -0.4 is 5.32 Å².